The van der Waals surface area contributed by atoms with Crippen LogP contribution in [0.3, 0.4) is 0 Å². The SMILES string of the molecule is COc1ccc(OC[C@H](CN(C)C2=NS(=O)(=O)c3ccccc32)OC(=O)c2ccccc2Cl)cc1. The van der Waals surface area contributed by atoms with Crippen LogP contribution in [0.15, 0.2) is 82.1 Å². The van der Waals surface area contributed by atoms with Gasteiger partial charge in [0.05, 0.1) is 24.2 Å². The molecule has 0 fully saturated rings. The molecule has 10 heteroatoms. The zero-order valence-corrected chi connectivity index (χ0v) is 20.6. The first-order chi connectivity index (χ1) is 16.8. The molecule has 0 unspecified atom stereocenters. The van der Waals surface area contributed by atoms with Crippen molar-refractivity contribution in [2.45, 2.75) is 11.0 Å². The monoisotopic (exact) mass is 514 g/mol. The minimum absolute atomic E-state index is 0.00847. The average Bonchev–Trinajstić information content (AvgIpc) is 3.14. The first kappa shape index (κ1) is 24.6. The second-order valence-corrected chi connectivity index (χ2v) is 9.74. The maximum Gasteiger partial charge on any atom is 0.340 e. The number of amidine groups is 1. The van der Waals surface area contributed by atoms with Crippen molar-refractivity contribution in [3.05, 3.63) is 88.9 Å². The molecular weight excluding hydrogens is 492 g/mol. The molecule has 3 aromatic rings. The fraction of sp³-hybridized carbons (Fsp3) is 0.200. The lowest BCUT2D eigenvalue weighted by Crippen LogP contribution is -2.39. The van der Waals surface area contributed by atoms with Crippen LogP contribution in [0, 0.1) is 0 Å². The Labute approximate surface area is 208 Å². The standard InChI is InChI=1S/C25H23ClN2O6S/c1-28(24-21-8-4-6-10-23(21)35(30,31)27-24)15-19(16-33-18-13-11-17(32-2)12-14-18)34-25(29)20-7-3-5-9-22(20)26/h3-14,19H,15-16H2,1-2H3/t19-/m0/s1. The van der Waals surface area contributed by atoms with Crippen molar-refractivity contribution in [2.75, 3.05) is 27.3 Å². The number of halogens is 1. The number of ether oxygens (including phenoxy) is 3. The molecule has 0 amide bonds. The Morgan fingerprint density at radius 2 is 1.66 bits per heavy atom. The third-order valence-electron chi connectivity index (χ3n) is 5.31. The van der Waals surface area contributed by atoms with Gasteiger partial charge in [0, 0.05) is 12.6 Å². The zero-order chi connectivity index (χ0) is 25.0. The summed E-state index contributed by atoms with van der Waals surface area (Å²) in [4.78, 5) is 14.6. The van der Waals surface area contributed by atoms with Gasteiger partial charge in [-0.15, -0.1) is 4.40 Å². The van der Waals surface area contributed by atoms with Crippen LogP contribution >= 0.6 is 11.6 Å². The number of carbonyl (C=O) groups excluding carboxylic acids is 1. The number of nitrogens with zero attached hydrogens (tertiary/aromatic N) is 2. The summed E-state index contributed by atoms with van der Waals surface area (Å²) < 4.78 is 45.6. The minimum atomic E-state index is -3.79. The van der Waals surface area contributed by atoms with Gasteiger partial charge in [0.15, 0.2) is 11.9 Å². The normalized spacial score (nSPS) is 14.4. The third kappa shape index (κ3) is 5.58. The predicted octanol–water partition coefficient (Wildman–Crippen LogP) is 4.03. The molecule has 35 heavy (non-hydrogen) atoms. The summed E-state index contributed by atoms with van der Waals surface area (Å²) in [6, 6.07) is 20.1. The van der Waals surface area contributed by atoms with Crippen LogP contribution in [0.5, 0.6) is 11.5 Å². The fourth-order valence-electron chi connectivity index (χ4n) is 3.58. The highest BCUT2D eigenvalue weighted by Crippen LogP contribution is 2.27. The van der Waals surface area contributed by atoms with Crippen LogP contribution in [0.25, 0.3) is 0 Å². The Hall–Kier alpha value is -3.56. The molecule has 1 heterocycles. The second-order valence-electron chi connectivity index (χ2n) is 7.76. The molecule has 1 atom stereocenters. The molecule has 4 rings (SSSR count). The van der Waals surface area contributed by atoms with E-state index in [1.165, 1.54) is 6.07 Å². The second kappa shape index (κ2) is 10.4. The number of methoxy groups -OCH3 is 1. The van der Waals surface area contributed by atoms with Crippen molar-refractivity contribution < 1.29 is 27.4 Å². The van der Waals surface area contributed by atoms with Crippen molar-refractivity contribution in [3.8, 4) is 11.5 Å². The molecule has 1 aliphatic heterocycles. The molecule has 0 saturated carbocycles. The third-order valence-corrected chi connectivity index (χ3v) is 6.97. The van der Waals surface area contributed by atoms with Crippen molar-refractivity contribution in [2.24, 2.45) is 4.40 Å². The molecule has 0 spiro atoms. The maximum atomic E-state index is 12.9. The van der Waals surface area contributed by atoms with E-state index in [9.17, 15) is 13.2 Å². The lowest BCUT2D eigenvalue weighted by Gasteiger charge is -2.26. The molecule has 0 aliphatic carbocycles. The van der Waals surface area contributed by atoms with E-state index in [0.717, 1.165) is 0 Å². The van der Waals surface area contributed by atoms with E-state index in [1.807, 2.05) is 0 Å². The molecule has 182 valence electrons. The summed E-state index contributed by atoms with van der Waals surface area (Å²) in [7, 11) is -0.541. The van der Waals surface area contributed by atoms with Crippen molar-refractivity contribution in [3.63, 3.8) is 0 Å². The molecule has 0 N–H and O–H groups in total. The van der Waals surface area contributed by atoms with E-state index in [0.29, 0.717) is 17.1 Å². The summed E-state index contributed by atoms with van der Waals surface area (Å²) in [5.74, 6) is 0.883. The van der Waals surface area contributed by atoms with Gasteiger partial charge in [-0.05, 0) is 48.5 Å². The summed E-state index contributed by atoms with van der Waals surface area (Å²) in [6.45, 7) is 0.129. The summed E-state index contributed by atoms with van der Waals surface area (Å²) in [5.41, 5.74) is 0.708. The zero-order valence-electron chi connectivity index (χ0n) is 19.0. The Kier molecular flexibility index (Phi) is 7.28. The molecule has 1 aliphatic rings. The Morgan fingerprint density at radius 3 is 2.37 bits per heavy atom. The van der Waals surface area contributed by atoms with Gasteiger partial charge < -0.3 is 19.1 Å². The van der Waals surface area contributed by atoms with E-state index in [4.69, 9.17) is 25.8 Å². The van der Waals surface area contributed by atoms with Gasteiger partial charge in [0.2, 0.25) is 0 Å². The summed E-state index contributed by atoms with van der Waals surface area (Å²) in [6.07, 6.45) is -0.774. The molecule has 0 saturated heterocycles. The minimum Gasteiger partial charge on any atom is -0.497 e. The Bertz CT molecular complexity index is 1360. The first-order valence-corrected chi connectivity index (χ1v) is 12.5. The van der Waals surface area contributed by atoms with Crippen molar-refractivity contribution in [1.29, 1.82) is 0 Å². The van der Waals surface area contributed by atoms with E-state index in [1.54, 1.807) is 85.8 Å². The lowest BCUT2D eigenvalue weighted by atomic mass is 10.2. The van der Waals surface area contributed by atoms with E-state index < -0.39 is 22.1 Å². The molecule has 0 aromatic heterocycles. The number of carbonyl (C=O) groups is 1. The van der Waals surface area contributed by atoms with Crippen LogP contribution in [0.2, 0.25) is 5.02 Å². The Balaban J connectivity index is 1.54. The highest BCUT2D eigenvalue weighted by molar-refractivity contribution is 7.90. The average molecular weight is 515 g/mol. The van der Waals surface area contributed by atoms with Crippen LogP contribution in [-0.4, -0.2) is 58.5 Å². The largest absolute Gasteiger partial charge is 0.497 e. The number of fused-ring (bicyclic) bond motifs is 1. The van der Waals surface area contributed by atoms with Gasteiger partial charge in [-0.2, -0.15) is 8.42 Å². The number of hydrogen-bond acceptors (Lipinski definition) is 7. The van der Waals surface area contributed by atoms with Crippen molar-refractivity contribution >= 4 is 33.4 Å². The number of esters is 1. The van der Waals surface area contributed by atoms with Gasteiger partial charge in [-0.1, -0.05) is 35.9 Å². The van der Waals surface area contributed by atoms with Crippen LogP contribution in [0.4, 0.5) is 0 Å². The number of sulfonamides is 1. The van der Waals surface area contributed by atoms with Gasteiger partial charge in [0.25, 0.3) is 10.0 Å². The topological polar surface area (TPSA) is 94.5 Å². The van der Waals surface area contributed by atoms with Crippen LogP contribution in [0.1, 0.15) is 15.9 Å². The first-order valence-electron chi connectivity index (χ1n) is 10.7. The number of rotatable bonds is 8. The van der Waals surface area contributed by atoms with Crippen LogP contribution in [-0.2, 0) is 14.8 Å². The van der Waals surface area contributed by atoms with Gasteiger partial charge in [-0.25, -0.2) is 4.79 Å². The van der Waals surface area contributed by atoms with Gasteiger partial charge in [0.1, 0.15) is 23.0 Å². The molecule has 3 aromatic carbocycles. The van der Waals surface area contributed by atoms with E-state index in [-0.39, 0.29) is 34.5 Å². The molecule has 0 bridgehead atoms. The smallest absolute Gasteiger partial charge is 0.340 e. The quantitative estimate of drug-likeness (QED) is 0.419. The summed E-state index contributed by atoms with van der Waals surface area (Å²) in [5, 5.41) is 0.265. The molecule has 0 radical (unpaired) electrons. The number of benzene rings is 3. The van der Waals surface area contributed by atoms with E-state index >= 15 is 0 Å². The fourth-order valence-corrected chi connectivity index (χ4v) is 5.05. The highest BCUT2D eigenvalue weighted by Gasteiger charge is 2.32. The van der Waals surface area contributed by atoms with Crippen molar-refractivity contribution in [1.82, 2.24) is 4.90 Å². The maximum absolute atomic E-state index is 12.9. The van der Waals surface area contributed by atoms with E-state index in [2.05, 4.69) is 4.40 Å². The van der Waals surface area contributed by atoms with Gasteiger partial charge >= 0.3 is 5.97 Å². The number of hydrogen-bond donors (Lipinski definition) is 0. The molecule has 8 nitrogen and oxygen atoms in total. The Morgan fingerprint density at radius 1 is 1.00 bits per heavy atom. The van der Waals surface area contributed by atoms with Crippen LogP contribution < -0.4 is 9.47 Å². The van der Waals surface area contributed by atoms with Gasteiger partial charge in [-0.3, -0.25) is 0 Å². The molecular formula is C25H23ClN2O6S. The lowest BCUT2D eigenvalue weighted by molar-refractivity contribution is 0.0130. The number of likely N-dealkylation sites (N-methyl/N-ethyl adjacent to an activating group) is 1. The summed E-state index contributed by atoms with van der Waals surface area (Å²) >= 11 is 6.16. The highest BCUT2D eigenvalue weighted by atomic mass is 35.5. The predicted molar refractivity (Wildman–Crippen MR) is 132 cm³/mol.